The van der Waals surface area contributed by atoms with Crippen molar-refractivity contribution in [2.24, 2.45) is 0 Å². The van der Waals surface area contributed by atoms with Crippen molar-refractivity contribution in [2.45, 2.75) is 45.4 Å². The fourth-order valence-electron chi connectivity index (χ4n) is 2.36. The number of hydrogen-bond donors (Lipinski definition) is 0. The summed E-state index contributed by atoms with van der Waals surface area (Å²) in [5, 5.41) is 0. The smallest absolute Gasteiger partial charge is 0.0274 e. The van der Waals surface area contributed by atoms with Crippen LogP contribution in [0.25, 0.3) is 0 Å². The molecule has 0 aromatic carbocycles. The Balaban J connectivity index is 2.33. The molecule has 2 aliphatic carbocycles. The fourth-order valence-corrected chi connectivity index (χ4v) is 2.36. The lowest BCUT2D eigenvalue weighted by Gasteiger charge is -2.14. The van der Waals surface area contributed by atoms with Gasteiger partial charge in [-0.05, 0) is 49.7 Å². The van der Waals surface area contributed by atoms with Gasteiger partial charge in [0.05, 0.1) is 0 Å². The van der Waals surface area contributed by atoms with Crippen molar-refractivity contribution < 1.29 is 0 Å². The first kappa shape index (κ1) is 7.15. The number of hydrogen-bond acceptors (Lipinski definition) is 0. The van der Waals surface area contributed by atoms with E-state index in [-0.39, 0.29) is 0 Å². The maximum atomic E-state index is 2.46. The highest BCUT2D eigenvalue weighted by atomic mass is 14.2. The molecule has 1 saturated carbocycles. The molecule has 0 N–H and O–H groups in total. The highest BCUT2D eigenvalue weighted by molar-refractivity contribution is 5.41. The van der Waals surface area contributed by atoms with Crippen LogP contribution in [-0.2, 0) is 0 Å². The lowest BCUT2D eigenvalue weighted by atomic mass is 9.91. The van der Waals surface area contributed by atoms with Crippen LogP contribution in [0.1, 0.15) is 45.4 Å². The van der Waals surface area contributed by atoms with Crippen molar-refractivity contribution in [2.75, 3.05) is 0 Å². The molecule has 0 unspecified atom stereocenters. The molecule has 0 heteroatoms. The van der Waals surface area contributed by atoms with Crippen LogP contribution in [0.5, 0.6) is 0 Å². The maximum absolute atomic E-state index is 2.46. The SMILES string of the molecule is CCC1=C2CCCC2=CCC1. The van der Waals surface area contributed by atoms with Gasteiger partial charge < -0.3 is 0 Å². The van der Waals surface area contributed by atoms with Gasteiger partial charge in [-0.15, -0.1) is 0 Å². The molecule has 0 bridgehead atoms. The minimum absolute atomic E-state index is 1.28. The predicted octanol–water partition coefficient (Wildman–Crippen LogP) is 3.60. The summed E-state index contributed by atoms with van der Waals surface area (Å²) in [6.45, 7) is 2.30. The second-order valence-electron chi connectivity index (χ2n) is 3.56. The third-order valence-corrected chi connectivity index (χ3v) is 2.95. The number of rotatable bonds is 1. The summed E-state index contributed by atoms with van der Waals surface area (Å²) >= 11 is 0. The molecule has 0 amide bonds. The Morgan fingerprint density at radius 3 is 3.00 bits per heavy atom. The monoisotopic (exact) mass is 148 g/mol. The standard InChI is InChI=1S/C11H16/c1-2-9-5-3-6-10-7-4-8-11(9)10/h6H,2-5,7-8H2,1H3. The molecular formula is C11H16. The molecule has 1 fully saturated rings. The van der Waals surface area contributed by atoms with E-state index in [1.165, 1.54) is 38.5 Å². The van der Waals surface area contributed by atoms with E-state index in [1.54, 1.807) is 16.7 Å². The minimum atomic E-state index is 1.28. The van der Waals surface area contributed by atoms with Crippen molar-refractivity contribution in [3.05, 3.63) is 22.8 Å². The van der Waals surface area contributed by atoms with Crippen molar-refractivity contribution in [1.29, 1.82) is 0 Å². The van der Waals surface area contributed by atoms with E-state index in [0.29, 0.717) is 0 Å². The van der Waals surface area contributed by atoms with Crippen LogP contribution in [0, 0.1) is 0 Å². The van der Waals surface area contributed by atoms with Crippen LogP contribution in [0.3, 0.4) is 0 Å². The van der Waals surface area contributed by atoms with Crippen LogP contribution in [-0.4, -0.2) is 0 Å². The first-order valence-electron chi connectivity index (χ1n) is 4.82. The number of fused-ring (bicyclic) bond motifs is 1. The molecule has 2 rings (SSSR count). The largest absolute Gasteiger partial charge is 0.0807 e. The summed E-state index contributed by atoms with van der Waals surface area (Å²) in [7, 11) is 0. The quantitative estimate of drug-likeness (QED) is 0.533. The third kappa shape index (κ3) is 1.15. The van der Waals surface area contributed by atoms with Crippen LogP contribution in [0.15, 0.2) is 22.8 Å². The van der Waals surface area contributed by atoms with Crippen molar-refractivity contribution in [3.63, 3.8) is 0 Å². The van der Waals surface area contributed by atoms with Crippen LogP contribution >= 0.6 is 0 Å². The van der Waals surface area contributed by atoms with Gasteiger partial charge in [0.1, 0.15) is 0 Å². The summed E-state index contributed by atoms with van der Waals surface area (Å²) < 4.78 is 0. The third-order valence-electron chi connectivity index (χ3n) is 2.95. The van der Waals surface area contributed by atoms with E-state index in [1.807, 2.05) is 0 Å². The Morgan fingerprint density at radius 2 is 2.18 bits per heavy atom. The Hall–Kier alpha value is -0.520. The summed E-state index contributed by atoms with van der Waals surface area (Å²) in [5.41, 5.74) is 5.17. The highest BCUT2D eigenvalue weighted by Crippen LogP contribution is 2.38. The normalized spacial score (nSPS) is 23.5. The van der Waals surface area contributed by atoms with E-state index in [2.05, 4.69) is 13.0 Å². The van der Waals surface area contributed by atoms with Gasteiger partial charge in [0.2, 0.25) is 0 Å². The first-order chi connectivity index (χ1) is 5.42. The van der Waals surface area contributed by atoms with Gasteiger partial charge in [-0.3, -0.25) is 0 Å². The molecule has 0 saturated heterocycles. The summed E-state index contributed by atoms with van der Waals surface area (Å²) in [4.78, 5) is 0. The van der Waals surface area contributed by atoms with Gasteiger partial charge >= 0.3 is 0 Å². The van der Waals surface area contributed by atoms with E-state index in [0.717, 1.165) is 0 Å². The van der Waals surface area contributed by atoms with Crippen molar-refractivity contribution in [3.8, 4) is 0 Å². The van der Waals surface area contributed by atoms with Crippen molar-refractivity contribution >= 4 is 0 Å². The molecule has 0 spiro atoms. The van der Waals surface area contributed by atoms with E-state index in [4.69, 9.17) is 0 Å². The van der Waals surface area contributed by atoms with E-state index < -0.39 is 0 Å². The molecule has 0 aliphatic heterocycles. The van der Waals surface area contributed by atoms with Gasteiger partial charge in [-0.2, -0.15) is 0 Å². The Labute approximate surface area is 69.0 Å². The van der Waals surface area contributed by atoms with Gasteiger partial charge in [0.15, 0.2) is 0 Å². The topological polar surface area (TPSA) is 0 Å². The molecule has 2 aliphatic rings. The average molecular weight is 148 g/mol. The highest BCUT2D eigenvalue weighted by Gasteiger charge is 2.19. The molecule has 0 aromatic heterocycles. The van der Waals surface area contributed by atoms with E-state index >= 15 is 0 Å². The molecule has 0 nitrogen and oxygen atoms in total. The first-order valence-corrected chi connectivity index (χ1v) is 4.82. The lowest BCUT2D eigenvalue weighted by Crippen LogP contribution is -1.95. The Kier molecular flexibility index (Phi) is 1.85. The average Bonchev–Trinajstić information content (AvgIpc) is 2.50. The van der Waals surface area contributed by atoms with Gasteiger partial charge in [0, 0.05) is 0 Å². The molecule has 11 heavy (non-hydrogen) atoms. The molecular weight excluding hydrogens is 132 g/mol. The second kappa shape index (κ2) is 2.84. The van der Waals surface area contributed by atoms with E-state index in [9.17, 15) is 0 Å². The predicted molar refractivity (Wildman–Crippen MR) is 48.5 cm³/mol. The van der Waals surface area contributed by atoms with Crippen LogP contribution in [0.4, 0.5) is 0 Å². The molecule has 60 valence electrons. The number of allylic oxidation sites excluding steroid dienone is 4. The summed E-state index contributed by atoms with van der Waals surface area (Å²) in [5.74, 6) is 0. The Morgan fingerprint density at radius 1 is 1.27 bits per heavy atom. The van der Waals surface area contributed by atoms with Crippen molar-refractivity contribution in [1.82, 2.24) is 0 Å². The molecule has 0 radical (unpaired) electrons. The summed E-state index contributed by atoms with van der Waals surface area (Å²) in [6.07, 6.45) is 10.5. The molecule has 0 aromatic rings. The lowest BCUT2D eigenvalue weighted by molar-refractivity contribution is 0.856. The maximum Gasteiger partial charge on any atom is -0.0274 e. The summed E-state index contributed by atoms with van der Waals surface area (Å²) in [6, 6.07) is 0. The Bertz CT molecular complexity index is 218. The van der Waals surface area contributed by atoms with Gasteiger partial charge in [-0.25, -0.2) is 0 Å². The molecule has 0 atom stereocenters. The van der Waals surface area contributed by atoms with Crippen LogP contribution in [0.2, 0.25) is 0 Å². The van der Waals surface area contributed by atoms with Crippen LogP contribution < -0.4 is 0 Å². The zero-order valence-corrected chi connectivity index (χ0v) is 7.32. The van der Waals surface area contributed by atoms with Gasteiger partial charge in [0.25, 0.3) is 0 Å². The fraction of sp³-hybridized carbons (Fsp3) is 0.636. The minimum Gasteiger partial charge on any atom is -0.0807 e. The van der Waals surface area contributed by atoms with Gasteiger partial charge in [-0.1, -0.05) is 18.6 Å². The molecule has 0 heterocycles. The zero-order valence-electron chi connectivity index (χ0n) is 7.32. The zero-order chi connectivity index (χ0) is 7.68. The second-order valence-corrected chi connectivity index (χ2v) is 3.56.